The molecule has 0 fully saturated rings. The highest BCUT2D eigenvalue weighted by Crippen LogP contribution is 2.28. The highest BCUT2D eigenvalue weighted by molar-refractivity contribution is 5.92. The minimum atomic E-state index is -0.762. The molecule has 3 rings (SSSR count). The summed E-state index contributed by atoms with van der Waals surface area (Å²) < 4.78 is 21.0. The number of carbonyl (C=O) groups excluding carboxylic acids is 2. The molecule has 1 amide bonds. The zero-order chi connectivity index (χ0) is 23.6. The lowest BCUT2D eigenvalue weighted by atomic mass is 10.1. The van der Waals surface area contributed by atoms with Crippen LogP contribution >= 0.6 is 0 Å². The van der Waals surface area contributed by atoms with Crippen LogP contribution in [0.1, 0.15) is 27.6 Å². The second-order valence-electron chi connectivity index (χ2n) is 6.79. The van der Waals surface area contributed by atoms with Gasteiger partial charge >= 0.3 is 5.97 Å². The van der Waals surface area contributed by atoms with Crippen LogP contribution in [0.4, 0.5) is 0 Å². The second-order valence-corrected chi connectivity index (χ2v) is 6.79. The fraction of sp³-hybridized carbons (Fsp3) is 0.160. The van der Waals surface area contributed by atoms with Crippen molar-refractivity contribution < 1.29 is 28.5 Å². The Hall–Kier alpha value is -4.17. The smallest absolute Gasteiger partial charge is 0.343 e. The molecule has 1 N–H and O–H groups in total. The Bertz CT molecular complexity index is 1110. The van der Waals surface area contributed by atoms with Crippen molar-refractivity contribution in [2.75, 3.05) is 21.3 Å². The Morgan fingerprint density at radius 1 is 0.879 bits per heavy atom. The number of benzene rings is 3. The maximum atomic E-state index is 12.4. The number of rotatable bonds is 9. The lowest BCUT2D eigenvalue weighted by Gasteiger charge is -2.13. The largest absolute Gasteiger partial charge is 0.493 e. The molecule has 8 nitrogen and oxygen atoms in total. The Morgan fingerprint density at radius 2 is 1.58 bits per heavy atom. The molecule has 0 unspecified atom stereocenters. The van der Waals surface area contributed by atoms with Crippen LogP contribution in [0.25, 0.3) is 0 Å². The van der Waals surface area contributed by atoms with Gasteiger partial charge in [0.05, 0.1) is 26.0 Å². The van der Waals surface area contributed by atoms with Crippen molar-refractivity contribution in [3.05, 3.63) is 89.5 Å². The summed E-state index contributed by atoms with van der Waals surface area (Å²) in [5, 5.41) is 3.97. The molecule has 0 aliphatic heterocycles. The molecule has 0 aliphatic rings. The van der Waals surface area contributed by atoms with Gasteiger partial charge in [0.25, 0.3) is 5.91 Å². The topological polar surface area (TPSA) is 95.5 Å². The molecule has 1 atom stereocenters. The third-order valence-corrected chi connectivity index (χ3v) is 4.67. The van der Waals surface area contributed by atoms with E-state index in [-0.39, 0.29) is 5.91 Å². The van der Waals surface area contributed by atoms with E-state index >= 15 is 0 Å². The average molecular weight is 448 g/mol. The minimum Gasteiger partial charge on any atom is -0.493 e. The molecule has 0 saturated heterocycles. The lowest BCUT2D eigenvalue weighted by molar-refractivity contribution is -0.131. The SMILES string of the molecule is COc1ccc(C(=O)Oc2ccc(/C=N\NC(=O)[C@H](OC)c3ccccc3)cc2)cc1OC. The van der Waals surface area contributed by atoms with Gasteiger partial charge in [-0.2, -0.15) is 5.10 Å². The number of hydrazone groups is 1. The number of hydrogen-bond acceptors (Lipinski definition) is 7. The predicted octanol–water partition coefficient (Wildman–Crippen LogP) is 3.76. The van der Waals surface area contributed by atoms with Crippen molar-refractivity contribution in [3.63, 3.8) is 0 Å². The summed E-state index contributed by atoms with van der Waals surface area (Å²) in [7, 11) is 4.47. The van der Waals surface area contributed by atoms with E-state index in [4.69, 9.17) is 18.9 Å². The van der Waals surface area contributed by atoms with Gasteiger partial charge in [0.15, 0.2) is 17.6 Å². The predicted molar refractivity (Wildman–Crippen MR) is 123 cm³/mol. The van der Waals surface area contributed by atoms with Crippen LogP contribution in [0.15, 0.2) is 77.9 Å². The molecule has 33 heavy (non-hydrogen) atoms. The summed E-state index contributed by atoms with van der Waals surface area (Å²) in [6.45, 7) is 0. The average Bonchev–Trinajstić information content (AvgIpc) is 2.85. The molecule has 0 radical (unpaired) electrons. The molecule has 3 aromatic carbocycles. The number of nitrogens with one attached hydrogen (secondary N) is 1. The Balaban J connectivity index is 1.58. The first-order chi connectivity index (χ1) is 16.0. The van der Waals surface area contributed by atoms with Gasteiger partial charge in [-0.1, -0.05) is 30.3 Å². The Kier molecular flexibility index (Phi) is 8.15. The van der Waals surface area contributed by atoms with Crippen molar-refractivity contribution in [2.45, 2.75) is 6.10 Å². The summed E-state index contributed by atoms with van der Waals surface area (Å²) >= 11 is 0. The summed E-state index contributed by atoms with van der Waals surface area (Å²) in [6.07, 6.45) is 0.719. The standard InChI is InChI=1S/C25H24N2O6/c1-30-21-14-11-19(15-22(21)31-2)25(29)33-20-12-9-17(10-13-20)16-26-27-24(28)23(32-3)18-7-5-4-6-8-18/h4-16,23H,1-3H3,(H,27,28)/b26-16-/t23-/m1/s1. The van der Waals surface area contributed by atoms with Gasteiger partial charge < -0.3 is 18.9 Å². The molecule has 170 valence electrons. The van der Waals surface area contributed by atoms with Crippen LogP contribution in [0.2, 0.25) is 0 Å². The van der Waals surface area contributed by atoms with Crippen LogP contribution in [0.5, 0.6) is 17.2 Å². The Labute approximate surface area is 191 Å². The number of amides is 1. The Morgan fingerprint density at radius 3 is 2.21 bits per heavy atom. The quantitative estimate of drug-likeness (QED) is 0.232. The second kappa shape index (κ2) is 11.4. The first-order valence-electron chi connectivity index (χ1n) is 10.0. The van der Waals surface area contributed by atoms with E-state index in [2.05, 4.69) is 10.5 Å². The molecule has 0 bridgehead atoms. The molecule has 0 spiro atoms. The number of hydrogen-bond donors (Lipinski definition) is 1. The zero-order valence-electron chi connectivity index (χ0n) is 18.5. The van der Waals surface area contributed by atoms with Crippen molar-refractivity contribution in [3.8, 4) is 17.2 Å². The molecule has 0 aromatic heterocycles. The number of esters is 1. The van der Waals surface area contributed by atoms with Crippen molar-refractivity contribution in [2.24, 2.45) is 5.10 Å². The van der Waals surface area contributed by atoms with Gasteiger partial charge in [-0.05, 0) is 53.6 Å². The molecule has 0 saturated carbocycles. The van der Waals surface area contributed by atoms with E-state index in [1.54, 1.807) is 54.6 Å². The summed E-state index contributed by atoms with van der Waals surface area (Å²) in [4.78, 5) is 24.8. The van der Waals surface area contributed by atoms with Gasteiger partial charge in [0.1, 0.15) is 5.75 Å². The van der Waals surface area contributed by atoms with Gasteiger partial charge in [0.2, 0.25) is 0 Å². The van der Waals surface area contributed by atoms with E-state index in [0.717, 1.165) is 5.56 Å². The van der Waals surface area contributed by atoms with Crippen molar-refractivity contribution in [1.29, 1.82) is 0 Å². The summed E-state index contributed by atoms with van der Waals surface area (Å²) in [6, 6.07) is 20.6. The maximum Gasteiger partial charge on any atom is 0.343 e. The van der Waals surface area contributed by atoms with Crippen molar-refractivity contribution in [1.82, 2.24) is 5.43 Å². The number of methoxy groups -OCH3 is 3. The molecule has 0 heterocycles. The molecular weight excluding hydrogens is 424 g/mol. The monoisotopic (exact) mass is 448 g/mol. The normalized spacial score (nSPS) is 11.6. The first-order valence-corrected chi connectivity index (χ1v) is 10.0. The van der Waals surface area contributed by atoms with Crippen LogP contribution in [0.3, 0.4) is 0 Å². The number of nitrogens with zero attached hydrogens (tertiary/aromatic N) is 1. The highest BCUT2D eigenvalue weighted by atomic mass is 16.5. The van der Waals surface area contributed by atoms with Gasteiger partial charge in [-0.25, -0.2) is 10.2 Å². The molecule has 3 aromatic rings. The van der Waals surface area contributed by atoms with Crippen LogP contribution in [0, 0.1) is 0 Å². The van der Waals surface area contributed by atoms with E-state index in [1.165, 1.54) is 27.5 Å². The highest BCUT2D eigenvalue weighted by Gasteiger charge is 2.19. The third-order valence-electron chi connectivity index (χ3n) is 4.67. The molecular formula is C25H24N2O6. The number of ether oxygens (including phenoxy) is 4. The molecule has 0 aliphatic carbocycles. The fourth-order valence-corrected chi connectivity index (χ4v) is 3.00. The van der Waals surface area contributed by atoms with Gasteiger partial charge in [-0.15, -0.1) is 0 Å². The third kappa shape index (κ3) is 6.18. The molecule has 8 heteroatoms. The van der Waals surface area contributed by atoms with E-state index in [1.807, 2.05) is 18.2 Å². The maximum absolute atomic E-state index is 12.4. The van der Waals surface area contributed by atoms with Gasteiger partial charge in [0, 0.05) is 7.11 Å². The van der Waals surface area contributed by atoms with Crippen LogP contribution in [-0.2, 0) is 9.53 Å². The fourth-order valence-electron chi connectivity index (χ4n) is 3.00. The van der Waals surface area contributed by atoms with E-state index in [0.29, 0.717) is 28.4 Å². The van der Waals surface area contributed by atoms with Crippen molar-refractivity contribution >= 4 is 18.1 Å². The summed E-state index contributed by atoms with van der Waals surface area (Å²) in [5.41, 5.74) is 4.23. The van der Waals surface area contributed by atoms with Crippen LogP contribution in [-0.4, -0.2) is 39.4 Å². The number of carbonyl (C=O) groups is 2. The van der Waals surface area contributed by atoms with Crippen LogP contribution < -0.4 is 19.6 Å². The first kappa shape index (κ1) is 23.5. The lowest BCUT2D eigenvalue weighted by Crippen LogP contribution is -2.26. The van der Waals surface area contributed by atoms with Gasteiger partial charge in [-0.3, -0.25) is 4.79 Å². The summed E-state index contributed by atoms with van der Waals surface area (Å²) in [5.74, 6) is 0.393. The zero-order valence-corrected chi connectivity index (χ0v) is 18.5. The minimum absolute atomic E-state index is 0.326. The van der Waals surface area contributed by atoms with E-state index in [9.17, 15) is 9.59 Å². The van der Waals surface area contributed by atoms with E-state index < -0.39 is 12.1 Å².